The zero-order valence-corrected chi connectivity index (χ0v) is 10.5. The summed E-state index contributed by atoms with van der Waals surface area (Å²) in [7, 11) is 0. The Balaban J connectivity index is 2.29. The van der Waals surface area contributed by atoms with Gasteiger partial charge in [-0.3, -0.25) is 0 Å². The fourth-order valence-corrected chi connectivity index (χ4v) is 2.05. The van der Waals surface area contributed by atoms with Gasteiger partial charge >= 0.3 is 0 Å². The van der Waals surface area contributed by atoms with Crippen LogP contribution in [0.15, 0.2) is 36.4 Å². The zero-order chi connectivity index (χ0) is 11.4. The number of hydrogen-bond donors (Lipinski definition) is 0. The molecule has 0 saturated heterocycles. The molecule has 2 aromatic carbocycles. The molecule has 0 aliphatic heterocycles. The SMILES string of the molecule is CSCCOc1ccc2ccccc2c1C. The van der Waals surface area contributed by atoms with E-state index in [-0.39, 0.29) is 0 Å². The topological polar surface area (TPSA) is 9.23 Å². The molecule has 0 aliphatic carbocycles. The molecule has 2 aromatic rings. The minimum absolute atomic E-state index is 0.778. The van der Waals surface area contributed by atoms with Crippen molar-refractivity contribution in [2.24, 2.45) is 0 Å². The first-order valence-electron chi connectivity index (χ1n) is 5.43. The average Bonchev–Trinajstić information content (AvgIpc) is 2.33. The predicted molar refractivity (Wildman–Crippen MR) is 72.6 cm³/mol. The van der Waals surface area contributed by atoms with E-state index in [1.807, 2.05) is 0 Å². The van der Waals surface area contributed by atoms with E-state index in [4.69, 9.17) is 4.74 Å². The lowest BCUT2D eigenvalue weighted by Crippen LogP contribution is -2.01. The van der Waals surface area contributed by atoms with Crippen molar-refractivity contribution in [1.82, 2.24) is 0 Å². The summed E-state index contributed by atoms with van der Waals surface area (Å²) in [5.74, 6) is 2.04. The van der Waals surface area contributed by atoms with Crippen molar-refractivity contribution in [3.8, 4) is 5.75 Å². The van der Waals surface area contributed by atoms with Crippen LogP contribution in [0.4, 0.5) is 0 Å². The minimum Gasteiger partial charge on any atom is -0.492 e. The molecule has 0 amide bonds. The lowest BCUT2D eigenvalue weighted by atomic mass is 10.1. The smallest absolute Gasteiger partial charge is 0.122 e. The molecule has 0 fully saturated rings. The van der Waals surface area contributed by atoms with E-state index < -0.39 is 0 Å². The number of fused-ring (bicyclic) bond motifs is 1. The molecular formula is C14H16OS. The quantitative estimate of drug-likeness (QED) is 0.740. The van der Waals surface area contributed by atoms with Crippen molar-refractivity contribution in [2.75, 3.05) is 18.6 Å². The van der Waals surface area contributed by atoms with Crippen LogP contribution in [0.5, 0.6) is 5.75 Å². The van der Waals surface area contributed by atoms with E-state index in [9.17, 15) is 0 Å². The Hall–Kier alpha value is -1.15. The molecule has 0 unspecified atom stereocenters. The van der Waals surface area contributed by atoms with Crippen LogP contribution in [0.1, 0.15) is 5.56 Å². The molecule has 0 N–H and O–H groups in total. The summed E-state index contributed by atoms with van der Waals surface area (Å²) in [5, 5.41) is 2.56. The van der Waals surface area contributed by atoms with Crippen molar-refractivity contribution in [3.05, 3.63) is 42.0 Å². The van der Waals surface area contributed by atoms with Crippen molar-refractivity contribution in [3.63, 3.8) is 0 Å². The van der Waals surface area contributed by atoms with Crippen LogP contribution < -0.4 is 4.74 Å². The second-order valence-electron chi connectivity index (χ2n) is 3.75. The fourth-order valence-electron chi connectivity index (χ4n) is 1.80. The molecular weight excluding hydrogens is 216 g/mol. The van der Waals surface area contributed by atoms with Crippen LogP contribution in [0.25, 0.3) is 10.8 Å². The summed E-state index contributed by atoms with van der Waals surface area (Å²) in [6.45, 7) is 2.90. The Kier molecular flexibility index (Phi) is 3.73. The highest BCUT2D eigenvalue weighted by Gasteiger charge is 2.03. The second-order valence-corrected chi connectivity index (χ2v) is 4.74. The summed E-state index contributed by atoms with van der Waals surface area (Å²) < 4.78 is 5.76. The Labute approximate surface area is 101 Å². The van der Waals surface area contributed by atoms with Gasteiger partial charge in [-0.25, -0.2) is 0 Å². The summed E-state index contributed by atoms with van der Waals surface area (Å²) in [6.07, 6.45) is 2.09. The minimum atomic E-state index is 0.778. The van der Waals surface area contributed by atoms with E-state index in [0.29, 0.717) is 0 Å². The van der Waals surface area contributed by atoms with Crippen LogP contribution >= 0.6 is 11.8 Å². The number of thioether (sulfide) groups is 1. The number of hydrogen-bond acceptors (Lipinski definition) is 2. The number of ether oxygens (including phenoxy) is 1. The Morgan fingerprint density at radius 3 is 2.75 bits per heavy atom. The van der Waals surface area contributed by atoms with Gasteiger partial charge in [-0.15, -0.1) is 0 Å². The molecule has 0 spiro atoms. The van der Waals surface area contributed by atoms with Gasteiger partial charge in [0, 0.05) is 5.75 Å². The first-order chi connectivity index (χ1) is 7.83. The van der Waals surface area contributed by atoms with Crippen molar-refractivity contribution >= 4 is 22.5 Å². The van der Waals surface area contributed by atoms with Gasteiger partial charge in [0.05, 0.1) is 6.61 Å². The van der Waals surface area contributed by atoms with Crippen molar-refractivity contribution in [2.45, 2.75) is 6.92 Å². The lowest BCUT2D eigenvalue weighted by molar-refractivity contribution is 0.342. The van der Waals surface area contributed by atoms with Gasteiger partial charge in [-0.05, 0) is 35.6 Å². The zero-order valence-electron chi connectivity index (χ0n) is 9.69. The third kappa shape index (κ3) is 2.33. The van der Waals surface area contributed by atoms with Gasteiger partial charge in [0.1, 0.15) is 5.75 Å². The van der Waals surface area contributed by atoms with Crippen LogP contribution in [0.2, 0.25) is 0 Å². The maximum absolute atomic E-state index is 5.76. The van der Waals surface area contributed by atoms with Crippen LogP contribution in [0, 0.1) is 6.92 Å². The van der Waals surface area contributed by atoms with Crippen molar-refractivity contribution < 1.29 is 4.74 Å². The standard InChI is InChI=1S/C14H16OS/c1-11-13-6-4-3-5-12(13)7-8-14(11)15-9-10-16-2/h3-8H,9-10H2,1-2H3. The van der Waals surface area contributed by atoms with E-state index >= 15 is 0 Å². The van der Waals surface area contributed by atoms with Gasteiger partial charge in [0.2, 0.25) is 0 Å². The molecule has 0 radical (unpaired) electrons. The first kappa shape index (κ1) is 11.3. The normalized spacial score (nSPS) is 10.6. The maximum Gasteiger partial charge on any atom is 0.122 e. The highest BCUT2D eigenvalue weighted by molar-refractivity contribution is 7.98. The van der Waals surface area contributed by atoms with Crippen LogP contribution in [-0.2, 0) is 0 Å². The number of benzene rings is 2. The molecule has 84 valence electrons. The van der Waals surface area contributed by atoms with Gasteiger partial charge < -0.3 is 4.74 Å². The molecule has 16 heavy (non-hydrogen) atoms. The number of aryl methyl sites for hydroxylation is 1. The third-order valence-electron chi connectivity index (χ3n) is 2.69. The average molecular weight is 232 g/mol. The van der Waals surface area contributed by atoms with E-state index in [0.717, 1.165) is 18.1 Å². The first-order valence-corrected chi connectivity index (χ1v) is 6.82. The highest BCUT2D eigenvalue weighted by atomic mass is 32.2. The van der Waals surface area contributed by atoms with Crippen LogP contribution in [-0.4, -0.2) is 18.6 Å². The monoisotopic (exact) mass is 232 g/mol. The second kappa shape index (κ2) is 5.26. The largest absolute Gasteiger partial charge is 0.492 e. The molecule has 0 atom stereocenters. The fraction of sp³-hybridized carbons (Fsp3) is 0.286. The molecule has 0 heterocycles. The lowest BCUT2D eigenvalue weighted by Gasteiger charge is -2.10. The molecule has 1 nitrogen and oxygen atoms in total. The van der Waals surface area contributed by atoms with Gasteiger partial charge in [0.15, 0.2) is 0 Å². The molecule has 2 heteroatoms. The van der Waals surface area contributed by atoms with E-state index in [1.165, 1.54) is 16.3 Å². The Bertz CT molecular complexity index is 479. The summed E-state index contributed by atoms with van der Waals surface area (Å²) >= 11 is 1.81. The molecule has 0 bridgehead atoms. The number of rotatable bonds is 4. The maximum atomic E-state index is 5.76. The van der Waals surface area contributed by atoms with Gasteiger partial charge in [0.25, 0.3) is 0 Å². The Morgan fingerprint density at radius 2 is 1.94 bits per heavy atom. The Morgan fingerprint density at radius 1 is 1.12 bits per heavy atom. The summed E-state index contributed by atoms with van der Waals surface area (Å²) in [6, 6.07) is 12.6. The predicted octanol–water partition coefficient (Wildman–Crippen LogP) is 3.89. The van der Waals surface area contributed by atoms with Crippen molar-refractivity contribution in [1.29, 1.82) is 0 Å². The van der Waals surface area contributed by atoms with Gasteiger partial charge in [-0.1, -0.05) is 30.3 Å². The third-order valence-corrected chi connectivity index (χ3v) is 3.27. The molecule has 0 saturated carbocycles. The van der Waals surface area contributed by atoms with Gasteiger partial charge in [-0.2, -0.15) is 11.8 Å². The molecule has 0 aliphatic rings. The highest BCUT2D eigenvalue weighted by Crippen LogP contribution is 2.26. The van der Waals surface area contributed by atoms with E-state index in [2.05, 4.69) is 49.6 Å². The summed E-state index contributed by atoms with van der Waals surface area (Å²) in [4.78, 5) is 0. The molecule has 0 aromatic heterocycles. The summed E-state index contributed by atoms with van der Waals surface area (Å²) in [5.41, 5.74) is 1.24. The molecule has 2 rings (SSSR count). The van der Waals surface area contributed by atoms with E-state index in [1.54, 1.807) is 11.8 Å². The van der Waals surface area contributed by atoms with Crippen LogP contribution in [0.3, 0.4) is 0 Å².